The maximum Gasteiger partial charge on any atom is 0.272 e. The molecular formula is C18H24N6O. The highest BCUT2D eigenvalue weighted by molar-refractivity contribution is 5.92. The number of rotatable bonds is 3. The van der Waals surface area contributed by atoms with Gasteiger partial charge >= 0.3 is 0 Å². The van der Waals surface area contributed by atoms with Crippen LogP contribution in [0.1, 0.15) is 29.8 Å². The van der Waals surface area contributed by atoms with Gasteiger partial charge in [-0.05, 0) is 37.2 Å². The van der Waals surface area contributed by atoms with Crippen LogP contribution in [-0.2, 0) is 7.05 Å². The summed E-state index contributed by atoms with van der Waals surface area (Å²) in [5.74, 6) is 2.23. The molecule has 7 heteroatoms. The fourth-order valence-corrected chi connectivity index (χ4v) is 4.11. The summed E-state index contributed by atoms with van der Waals surface area (Å²) in [5, 5.41) is 0. The minimum atomic E-state index is 0.109. The van der Waals surface area contributed by atoms with E-state index < -0.39 is 0 Å². The van der Waals surface area contributed by atoms with Crippen molar-refractivity contribution in [2.24, 2.45) is 18.9 Å². The van der Waals surface area contributed by atoms with Crippen molar-refractivity contribution in [2.75, 3.05) is 31.1 Å². The molecule has 0 aliphatic carbocycles. The largest absolute Gasteiger partial charge is 0.341 e. The van der Waals surface area contributed by atoms with Crippen molar-refractivity contribution in [3.8, 4) is 0 Å². The number of anilines is 1. The second kappa shape index (κ2) is 6.82. The van der Waals surface area contributed by atoms with Gasteiger partial charge in [-0.1, -0.05) is 0 Å². The maximum atomic E-state index is 12.6. The van der Waals surface area contributed by atoms with Crippen LogP contribution in [-0.4, -0.2) is 56.5 Å². The molecule has 2 saturated heterocycles. The van der Waals surface area contributed by atoms with Gasteiger partial charge in [0.15, 0.2) is 0 Å². The van der Waals surface area contributed by atoms with Crippen molar-refractivity contribution >= 4 is 11.9 Å². The molecule has 2 aromatic rings. The zero-order chi connectivity index (χ0) is 17.2. The summed E-state index contributed by atoms with van der Waals surface area (Å²) >= 11 is 0. The summed E-state index contributed by atoms with van der Waals surface area (Å²) < 4.78 is 1.80. The van der Waals surface area contributed by atoms with E-state index in [1.54, 1.807) is 29.5 Å². The number of carbonyl (C=O) groups is 1. The molecule has 0 radical (unpaired) electrons. The SMILES string of the molecule is Cn1cncc1C(=O)N1CC[C@@H](C2CCN(c3ncccn3)CC2)C1. The lowest BCUT2D eigenvalue weighted by Crippen LogP contribution is -2.38. The van der Waals surface area contributed by atoms with E-state index in [-0.39, 0.29) is 5.91 Å². The Morgan fingerprint density at radius 2 is 1.80 bits per heavy atom. The van der Waals surface area contributed by atoms with Crippen molar-refractivity contribution < 1.29 is 4.79 Å². The third-order valence-electron chi connectivity index (χ3n) is 5.59. The number of hydrogen-bond donors (Lipinski definition) is 0. The summed E-state index contributed by atoms with van der Waals surface area (Å²) in [6.45, 7) is 3.73. The molecule has 2 aliphatic heterocycles. The molecular weight excluding hydrogens is 316 g/mol. The second-order valence-electron chi connectivity index (χ2n) is 7.06. The van der Waals surface area contributed by atoms with Crippen LogP contribution >= 0.6 is 0 Å². The number of hydrogen-bond acceptors (Lipinski definition) is 5. The lowest BCUT2D eigenvalue weighted by Gasteiger charge is -2.34. The molecule has 0 aromatic carbocycles. The van der Waals surface area contributed by atoms with Crippen LogP contribution in [0, 0.1) is 11.8 Å². The normalized spacial score (nSPS) is 21.7. The van der Waals surface area contributed by atoms with Gasteiger partial charge in [0.05, 0.1) is 12.5 Å². The molecule has 0 N–H and O–H groups in total. The third kappa shape index (κ3) is 3.23. The molecule has 1 atom stereocenters. The first-order valence-corrected chi connectivity index (χ1v) is 9.00. The molecule has 4 heterocycles. The zero-order valence-corrected chi connectivity index (χ0v) is 14.6. The van der Waals surface area contributed by atoms with Crippen LogP contribution in [0.3, 0.4) is 0 Å². The van der Waals surface area contributed by atoms with Gasteiger partial charge in [-0.3, -0.25) is 4.79 Å². The number of nitrogens with zero attached hydrogens (tertiary/aromatic N) is 6. The van der Waals surface area contributed by atoms with E-state index in [1.807, 2.05) is 18.0 Å². The van der Waals surface area contributed by atoms with Crippen LogP contribution in [0.2, 0.25) is 0 Å². The Balaban J connectivity index is 1.33. The van der Waals surface area contributed by atoms with Crippen molar-refractivity contribution in [3.63, 3.8) is 0 Å². The molecule has 1 amide bonds. The van der Waals surface area contributed by atoms with Gasteiger partial charge in [0, 0.05) is 45.6 Å². The fourth-order valence-electron chi connectivity index (χ4n) is 4.11. The van der Waals surface area contributed by atoms with Crippen molar-refractivity contribution in [1.29, 1.82) is 0 Å². The predicted octanol–water partition coefficient (Wildman–Crippen LogP) is 1.59. The topological polar surface area (TPSA) is 67.2 Å². The lowest BCUT2D eigenvalue weighted by molar-refractivity contribution is 0.0771. The van der Waals surface area contributed by atoms with Gasteiger partial charge < -0.3 is 14.4 Å². The first-order valence-electron chi connectivity index (χ1n) is 9.00. The molecule has 4 rings (SSSR count). The summed E-state index contributed by atoms with van der Waals surface area (Å²) in [5.41, 5.74) is 0.677. The Morgan fingerprint density at radius 3 is 2.48 bits per heavy atom. The average molecular weight is 340 g/mol. The van der Waals surface area contributed by atoms with Gasteiger partial charge in [0.25, 0.3) is 5.91 Å². The van der Waals surface area contributed by atoms with E-state index in [4.69, 9.17) is 0 Å². The molecule has 0 unspecified atom stereocenters. The quantitative estimate of drug-likeness (QED) is 0.849. The fraction of sp³-hybridized carbons (Fsp3) is 0.556. The van der Waals surface area contributed by atoms with Crippen LogP contribution < -0.4 is 4.90 Å². The maximum absolute atomic E-state index is 12.6. The number of aryl methyl sites for hydroxylation is 1. The van der Waals surface area contributed by atoms with E-state index in [0.717, 1.165) is 51.4 Å². The number of piperidine rings is 1. The van der Waals surface area contributed by atoms with Crippen molar-refractivity contribution in [3.05, 3.63) is 36.7 Å². The molecule has 0 bridgehead atoms. The minimum absolute atomic E-state index is 0.109. The van der Waals surface area contributed by atoms with Crippen LogP contribution in [0.15, 0.2) is 31.0 Å². The molecule has 0 saturated carbocycles. The molecule has 2 aliphatic rings. The highest BCUT2D eigenvalue weighted by Crippen LogP contribution is 2.33. The minimum Gasteiger partial charge on any atom is -0.341 e. The molecule has 132 valence electrons. The van der Waals surface area contributed by atoms with Gasteiger partial charge in [-0.25, -0.2) is 15.0 Å². The second-order valence-corrected chi connectivity index (χ2v) is 7.06. The highest BCUT2D eigenvalue weighted by atomic mass is 16.2. The highest BCUT2D eigenvalue weighted by Gasteiger charge is 2.34. The van der Waals surface area contributed by atoms with Gasteiger partial charge in [-0.15, -0.1) is 0 Å². The summed E-state index contributed by atoms with van der Waals surface area (Å²) in [4.78, 5) is 29.7. The Labute approximate surface area is 147 Å². The molecule has 25 heavy (non-hydrogen) atoms. The smallest absolute Gasteiger partial charge is 0.272 e. The zero-order valence-electron chi connectivity index (χ0n) is 14.6. The molecule has 2 fully saturated rings. The number of likely N-dealkylation sites (tertiary alicyclic amines) is 1. The van der Waals surface area contributed by atoms with Crippen LogP contribution in [0.5, 0.6) is 0 Å². The first kappa shape index (κ1) is 16.1. The Bertz CT molecular complexity index is 722. The van der Waals surface area contributed by atoms with E-state index in [1.165, 1.54) is 0 Å². The Kier molecular flexibility index (Phi) is 4.38. The van der Waals surface area contributed by atoms with Crippen molar-refractivity contribution in [2.45, 2.75) is 19.3 Å². The van der Waals surface area contributed by atoms with Gasteiger partial charge in [-0.2, -0.15) is 0 Å². The molecule has 2 aromatic heterocycles. The Hall–Kier alpha value is -2.44. The average Bonchev–Trinajstić information content (AvgIpc) is 3.31. The number of aromatic nitrogens is 4. The third-order valence-corrected chi connectivity index (χ3v) is 5.59. The molecule has 7 nitrogen and oxygen atoms in total. The van der Waals surface area contributed by atoms with E-state index in [2.05, 4.69) is 19.9 Å². The standard InChI is InChI=1S/C18H24N6O/c1-22-13-19-11-16(22)17(25)24-10-5-15(12-24)14-3-8-23(9-4-14)18-20-6-2-7-21-18/h2,6-7,11,13-15H,3-5,8-10,12H2,1H3/t15-/m1/s1. The van der Waals surface area contributed by atoms with Gasteiger partial charge in [0.2, 0.25) is 5.95 Å². The van der Waals surface area contributed by atoms with E-state index in [9.17, 15) is 4.79 Å². The lowest BCUT2D eigenvalue weighted by atomic mass is 9.84. The number of imidazole rings is 1. The van der Waals surface area contributed by atoms with Gasteiger partial charge in [0.1, 0.15) is 5.69 Å². The van der Waals surface area contributed by atoms with Crippen molar-refractivity contribution in [1.82, 2.24) is 24.4 Å². The van der Waals surface area contributed by atoms with E-state index in [0.29, 0.717) is 17.5 Å². The number of amides is 1. The number of carbonyl (C=O) groups excluding carboxylic acids is 1. The van der Waals surface area contributed by atoms with E-state index >= 15 is 0 Å². The van der Waals surface area contributed by atoms with Crippen LogP contribution in [0.4, 0.5) is 5.95 Å². The monoisotopic (exact) mass is 340 g/mol. The van der Waals surface area contributed by atoms with Crippen LogP contribution in [0.25, 0.3) is 0 Å². The summed E-state index contributed by atoms with van der Waals surface area (Å²) in [6, 6.07) is 1.85. The first-order chi connectivity index (χ1) is 12.2. The summed E-state index contributed by atoms with van der Waals surface area (Å²) in [6.07, 6.45) is 10.3. The Morgan fingerprint density at radius 1 is 1.08 bits per heavy atom. The summed E-state index contributed by atoms with van der Waals surface area (Å²) in [7, 11) is 1.87. The predicted molar refractivity (Wildman–Crippen MR) is 94.2 cm³/mol. The molecule has 0 spiro atoms.